The largest absolute Gasteiger partial charge is 0.364 e. The van der Waals surface area contributed by atoms with Crippen LogP contribution in [0.4, 0.5) is 4.39 Å². The van der Waals surface area contributed by atoms with Crippen molar-refractivity contribution in [2.75, 3.05) is 20.1 Å². The van der Waals surface area contributed by atoms with Crippen molar-refractivity contribution in [3.8, 4) is 11.3 Å². The second-order valence-corrected chi connectivity index (χ2v) is 7.42. The number of H-pyrrole nitrogens is 1. The lowest BCUT2D eigenvalue weighted by molar-refractivity contribution is -0.141. The molecular weight excluding hydrogens is 359 g/mol. The number of ether oxygens (including phenoxy) is 1. The molecule has 2 heterocycles. The summed E-state index contributed by atoms with van der Waals surface area (Å²) in [5.74, 6) is -0.202. The molecule has 1 amide bonds. The first-order valence-electron chi connectivity index (χ1n) is 9.97. The summed E-state index contributed by atoms with van der Waals surface area (Å²) in [6.45, 7) is 1.20. The Morgan fingerprint density at radius 2 is 2.18 bits per heavy atom. The quantitative estimate of drug-likeness (QED) is 0.647. The minimum Gasteiger partial charge on any atom is -0.364 e. The summed E-state index contributed by atoms with van der Waals surface area (Å²) in [5, 5.41) is 7.29. The van der Waals surface area contributed by atoms with Gasteiger partial charge in [-0.05, 0) is 50.3 Å². The van der Waals surface area contributed by atoms with Crippen molar-refractivity contribution >= 4 is 5.91 Å². The maximum absolute atomic E-state index is 13.3. The first kappa shape index (κ1) is 20.5. The Bertz CT molecular complexity index is 779. The number of nitrogens with zero attached hydrogens (tertiary/aromatic N) is 2. The lowest BCUT2D eigenvalue weighted by Gasteiger charge is -2.21. The van der Waals surface area contributed by atoms with Gasteiger partial charge < -0.3 is 15.4 Å². The maximum atomic E-state index is 13.3. The molecule has 0 unspecified atom stereocenters. The molecule has 2 aromatic rings. The van der Waals surface area contributed by atoms with Crippen molar-refractivity contribution in [2.45, 2.75) is 50.7 Å². The first-order valence-corrected chi connectivity index (χ1v) is 9.97. The van der Waals surface area contributed by atoms with E-state index in [0.29, 0.717) is 6.54 Å². The van der Waals surface area contributed by atoms with Gasteiger partial charge in [-0.25, -0.2) is 4.39 Å². The topological polar surface area (TPSA) is 84.2 Å². The third-order valence-corrected chi connectivity index (χ3v) is 5.21. The van der Waals surface area contributed by atoms with Crippen LogP contribution in [-0.4, -0.2) is 53.3 Å². The Morgan fingerprint density at radius 1 is 1.32 bits per heavy atom. The molecule has 3 N–H and O–H groups in total. The fraction of sp³-hybridized carbons (Fsp3) is 0.524. The highest BCUT2D eigenvalue weighted by atomic mass is 19.1. The van der Waals surface area contributed by atoms with E-state index in [0.717, 1.165) is 62.0 Å². The molecule has 7 heteroatoms. The summed E-state index contributed by atoms with van der Waals surface area (Å²) in [6.07, 6.45) is 5.16. The minimum absolute atomic E-state index is 0.0222. The molecule has 1 aromatic carbocycles. The normalized spacial score (nSPS) is 19.1. The van der Waals surface area contributed by atoms with Crippen LogP contribution in [0.3, 0.4) is 0 Å². The highest BCUT2D eigenvalue weighted by Crippen LogP contribution is 2.21. The standard InChI is InChI=1S/C21H29FN4O2/c1-26(21(27)20-10-9-18(14-23)28-20)11-4-2-3-8-17-13-19(25-24-17)15-6-5-7-16(22)12-15/h5-7,12-13,18,20H,2-4,8-11,14,23H2,1H3,(H,24,25)/t18-,20+/m1/s1. The van der Waals surface area contributed by atoms with E-state index in [9.17, 15) is 9.18 Å². The molecule has 6 nitrogen and oxygen atoms in total. The van der Waals surface area contributed by atoms with E-state index < -0.39 is 0 Å². The van der Waals surface area contributed by atoms with Gasteiger partial charge in [0.25, 0.3) is 5.91 Å². The number of benzene rings is 1. The molecule has 0 saturated carbocycles. The number of amides is 1. The second-order valence-electron chi connectivity index (χ2n) is 7.42. The highest BCUT2D eigenvalue weighted by Gasteiger charge is 2.31. The van der Waals surface area contributed by atoms with Crippen LogP contribution in [0, 0.1) is 5.82 Å². The van der Waals surface area contributed by atoms with Gasteiger partial charge in [0.2, 0.25) is 0 Å². The van der Waals surface area contributed by atoms with Gasteiger partial charge in [-0.2, -0.15) is 5.10 Å². The van der Waals surface area contributed by atoms with Crippen molar-refractivity contribution in [1.29, 1.82) is 0 Å². The van der Waals surface area contributed by atoms with E-state index in [-0.39, 0.29) is 23.9 Å². The van der Waals surface area contributed by atoms with Gasteiger partial charge >= 0.3 is 0 Å². The van der Waals surface area contributed by atoms with Crippen LogP contribution < -0.4 is 5.73 Å². The van der Waals surface area contributed by atoms with Crippen molar-refractivity contribution in [3.63, 3.8) is 0 Å². The summed E-state index contributed by atoms with van der Waals surface area (Å²) in [6, 6.07) is 8.41. The molecule has 0 bridgehead atoms. The van der Waals surface area contributed by atoms with Crippen molar-refractivity contribution in [3.05, 3.63) is 41.8 Å². The Morgan fingerprint density at radius 3 is 2.93 bits per heavy atom. The number of nitrogens with one attached hydrogen (secondary N) is 1. The molecule has 2 atom stereocenters. The molecule has 0 aliphatic carbocycles. The zero-order valence-corrected chi connectivity index (χ0v) is 16.4. The summed E-state index contributed by atoms with van der Waals surface area (Å²) < 4.78 is 19.0. The monoisotopic (exact) mass is 388 g/mol. The summed E-state index contributed by atoms with van der Waals surface area (Å²) in [7, 11) is 1.83. The number of aromatic nitrogens is 2. The number of halogens is 1. The average molecular weight is 388 g/mol. The highest BCUT2D eigenvalue weighted by molar-refractivity contribution is 5.80. The third-order valence-electron chi connectivity index (χ3n) is 5.21. The maximum Gasteiger partial charge on any atom is 0.251 e. The third kappa shape index (κ3) is 5.39. The molecule has 0 radical (unpaired) electrons. The molecule has 1 aromatic heterocycles. The molecule has 1 saturated heterocycles. The molecule has 3 rings (SSSR count). The van der Waals surface area contributed by atoms with Crippen LogP contribution in [0.25, 0.3) is 11.3 Å². The van der Waals surface area contributed by atoms with Crippen LogP contribution in [0.15, 0.2) is 30.3 Å². The molecule has 1 aliphatic rings. The zero-order valence-electron chi connectivity index (χ0n) is 16.4. The van der Waals surface area contributed by atoms with Gasteiger partial charge in [-0.1, -0.05) is 18.6 Å². The summed E-state index contributed by atoms with van der Waals surface area (Å²) in [4.78, 5) is 14.1. The second kappa shape index (κ2) is 9.80. The van der Waals surface area contributed by atoms with Crippen molar-refractivity contribution in [1.82, 2.24) is 15.1 Å². The number of hydrogen-bond acceptors (Lipinski definition) is 4. The van der Waals surface area contributed by atoms with E-state index in [1.54, 1.807) is 11.0 Å². The molecule has 152 valence electrons. The van der Waals surface area contributed by atoms with Gasteiger partial charge in [0.05, 0.1) is 11.8 Å². The number of likely N-dealkylation sites (N-methyl/N-ethyl adjacent to an activating group) is 1. The average Bonchev–Trinajstić information content (AvgIpc) is 3.36. The predicted octanol–water partition coefficient (Wildman–Crippen LogP) is 2.89. The molecular formula is C21H29FN4O2. The van der Waals surface area contributed by atoms with Crippen LogP contribution in [-0.2, 0) is 16.0 Å². The number of carbonyl (C=O) groups is 1. The Balaban J connectivity index is 1.35. The molecule has 1 aliphatic heterocycles. The number of rotatable bonds is 9. The fourth-order valence-electron chi connectivity index (χ4n) is 3.54. The first-order chi connectivity index (χ1) is 13.6. The van der Waals surface area contributed by atoms with E-state index in [2.05, 4.69) is 10.2 Å². The number of aryl methyl sites for hydroxylation is 1. The van der Waals surface area contributed by atoms with E-state index in [1.165, 1.54) is 12.1 Å². The fourth-order valence-corrected chi connectivity index (χ4v) is 3.54. The van der Waals surface area contributed by atoms with Crippen LogP contribution in [0.2, 0.25) is 0 Å². The molecule has 0 spiro atoms. The van der Waals surface area contributed by atoms with E-state index in [4.69, 9.17) is 10.5 Å². The van der Waals surface area contributed by atoms with Gasteiger partial charge in [0.1, 0.15) is 11.9 Å². The van der Waals surface area contributed by atoms with Crippen molar-refractivity contribution < 1.29 is 13.9 Å². The Kier molecular flexibility index (Phi) is 7.17. The number of carbonyl (C=O) groups excluding carboxylic acids is 1. The van der Waals surface area contributed by atoms with Gasteiger partial charge in [0, 0.05) is 31.4 Å². The number of nitrogens with two attached hydrogens (primary N) is 1. The summed E-state index contributed by atoms with van der Waals surface area (Å²) >= 11 is 0. The lowest BCUT2D eigenvalue weighted by atomic mass is 10.1. The van der Waals surface area contributed by atoms with Gasteiger partial charge in [-0.15, -0.1) is 0 Å². The zero-order chi connectivity index (χ0) is 19.9. The number of unbranched alkanes of at least 4 members (excludes halogenated alkanes) is 2. The van der Waals surface area contributed by atoms with Crippen LogP contribution in [0.5, 0.6) is 0 Å². The molecule has 28 heavy (non-hydrogen) atoms. The SMILES string of the molecule is CN(CCCCCc1cc(-c2cccc(F)c2)n[nH]1)C(=O)[C@@H]1CC[C@H](CN)O1. The number of aromatic amines is 1. The van der Waals surface area contributed by atoms with Gasteiger partial charge in [-0.3, -0.25) is 9.89 Å². The Hall–Kier alpha value is -2.25. The van der Waals surface area contributed by atoms with Crippen LogP contribution >= 0.6 is 0 Å². The number of hydrogen-bond donors (Lipinski definition) is 2. The van der Waals surface area contributed by atoms with Crippen LogP contribution in [0.1, 0.15) is 37.8 Å². The Labute approximate surface area is 165 Å². The lowest BCUT2D eigenvalue weighted by Crippen LogP contribution is -2.37. The van der Waals surface area contributed by atoms with Gasteiger partial charge in [0.15, 0.2) is 0 Å². The van der Waals surface area contributed by atoms with Crippen molar-refractivity contribution in [2.24, 2.45) is 5.73 Å². The smallest absolute Gasteiger partial charge is 0.251 e. The van der Waals surface area contributed by atoms with E-state index >= 15 is 0 Å². The minimum atomic E-state index is -0.329. The van der Waals surface area contributed by atoms with E-state index in [1.807, 2.05) is 19.2 Å². The molecule has 1 fully saturated rings. The predicted molar refractivity (Wildman–Crippen MR) is 106 cm³/mol. The summed E-state index contributed by atoms with van der Waals surface area (Å²) in [5.41, 5.74) is 8.17.